The van der Waals surface area contributed by atoms with Crippen LogP contribution in [-0.4, -0.2) is 45.2 Å². The highest BCUT2D eigenvalue weighted by Gasteiger charge is 2.07. The number of ether oxygens (including phenoxy) is 1. The van der Waals surface area contributed by atoms with Gasteiger partial charge < -0.3 is 14.9 Å². The zero-order valence-electron chi connectivity index (χ0n) is 9.62. The van der Waals surface area contributed by atoms with E-state index in [1.165, 1.54) is 0 Å². The number of rotatable bonds is 8. The maximum atomic E-state index is 11.4. The van der Waals surface area contributed by atoms with Gasteiger partial charge in [0.1, 0.15) is 5.75 Å². The van der Waals surface area contributed by atoms with Crippen LogP contribution in [-0.2, 0) is 10.8 Å². The number of benzene rings is 1. The van der Waals surface area contributed by atoms with Gasteiger partial charge in [-0.1, -0.05) is 18.2 Å². The van der Waals surface area contributed by atoms with Gasteiger partial charge in [-0.25, -0.2) is 0 Å². The van der Waals surface area contributed by atoms with E-state index in [1.807, 2.05) is 30.3 Å². The molecule has 4 nitrogen and oxygen atoms in total. The lowest BCUT2D eigenvalue weighted by molar-refractivity contribution is 0.113. The highest BCUT2D eigenvalue weighted by Crippen LogP contribution is 2.08. The van der Waals surface area contributed by atoms with Gasteiger partial charge in [0.05, 0.1) is 25.1 Å². The third-order valence-electron chi connectivity index (χ3n) is 2.12. The van der Waals surface area contributed by atoms with Crippen molar-refractivity contribution < 1.29 is 19.2 Å². The van der Waals surface area contributed by atoms with Crippen molar-refractivity contribution in [2.24, 2.45) is 0 Å². The molecule has 0 aromatic heterocycles. The van der Waals surface area contributed by atoms with Gasteiger partial charge in [0.15, 0.2) is 0 Å². The number of aliphatic hydroxyl groups excluding tert-OH is 2. The zero-order chi connectivity index (χ0) is 12.5. The monoisotopic (exact) mass is 258 g/mol. The first kappa shape index (κ1) is 14.2. The average Bonchev–Trinajstić information content (AvgIpc) is 2.36. The number of hydrogen-bond acceptors (Lipinski definition) is 4. The van der Waals surface area contributed by atoms with Crippen molar-refractivity contribution >= 4 is 10.8 Å². The van der Waals surface area contributed by atoms with E-state index in [-0.39, 0.29) is 12.4 Å². The van der Waals surface area contributed by atoms with Gasteiger partial charge >= 0.3 is 0 Å². The van der Waals surface area contributed by atoms with E-state index in [1.54, 1.807) is 0 Å². The highest BCUT2D eigenvalue weighted by molar-refractivity contribution is 7.85. The number of para-hydroxylation sites is 1. The van der Waals surface area contributed by atoms with Crippen LogP contribution in [0.15, 0.2) is 30.3 Å². The van der Waals surface area contributed by atoms with E-state index in [2.05, 4.69) is 0 Å². The predicted molar refractivity (Wildman–Crippen MR) is 67.5 cm³/mol. The minimum Gasteiger partial charge on any atom is -0.494 e. The van der Waals surface area contributed by atoms with Crippen molar-refractivity contribution in [2.45, 2.75) is 12.5 Å². The highest BCUT2D eigenvalue weighted by atomic mass is 32.2. The van der Waals surface area contributed by atoms with Gasteiger partial charge in [-0.15, -0.1) is 0 Å². The van der Waals surface area contributed by atoms with Crippen molar-refractivity contribution in [3.05, 3.63) is 30.3 Å². The van der Waals surface area contributed by atoms with E-state index in [9.17, 15) is 4.21 Å². The average molecular weight is 258 g/mol. The first-order valence-electron chi connectivity index (χ1n) is 5.54. The molecule has 0 radical (unpaired) electrons. The Balaban J connectivity index is 2.10. The molecular formula is C12H18O4S. The van der Waals surface area contributed by atoms with E-state index >= 15 is 0 Å². The summed E-state index contributed by atoms with van der Waals surface area (Å²) in [5, 5.41) is 17.7. The van der Waals surface area contributed by atoms with Crippen molar-refractivity contribution in [3.63, 3.8) is 0 Å². The molecule has 0 fully saturated rings. The van der Waals surface area contributed by atoms with Gasteiger partial charge in [0, 0.05) is 16.6 Å². The van der Waals surface area contributed by atoms with Crippen molar-refractivity contribution in [3.8, 4) is 5.75 Å². The van der Waals surface area contributed by atoms with Crippen molar-refractivity contribution in [1.29, 1.82) is 0 Å². The van der Waals surface area contributed by atoms with E-state index in [0.29, 0.717) is 18.8 Å². The van der Waals surface area contributed by atoms with E-state index in [4.69, 9.17) is 14.9 Å². The molecular weight excluding hydrogens is 240 g/mol. The second kappa shape index (κ2) is 8.22. The smallest absolute Gasteiger partial charge is 0.119 e. The molecule has 0 amide bonds. The Morgan fingerprint density at radius 1 is 1.29 bits per heavy atom. The summed E-state index contributed by atoms with van der Waals surface area (Å²) >= 11 is 0. The molecule has 0 aliphatic heterocycles. The molecule has 0 saturated heterocycles. The molecule has 0 heterocycles. The maximum absolute atomic E-state index is 11.4. The summed E-state index contributed by atoms with van der Waals surface area (Å²) < 4.78 is 16.8. The minimum atomic E-state index is -1.10. The van der Waals surface area contributed by atoms with Crippen LogP contribution in [0, 0.1) is 0 Å². The summed E-state index contributed by atoms with van der Waals surface area (Å²) in [5.74, 6) is 1.40. The van der Waals surface area contributed by atoms with E-state index < -0.39 is 16.9 Å². The zero-order valence-corrected chi connectivity index (χ0v) is 10.4. The molecule has 2 atom stereocenters. The van der Waals surface area contributed by atoms with Crippen LogP contribution in [0.2, 0.25) is 0 Å². The van der Waals surface area contributed by atoms with Crippen molar-refractivity contribution in [2.75, 3.05) is 24.7 Å². The fraction of sp³-hybridized carbons (Fsp3) is 0.500. The Morgan fingerprint density at radius 3 is 2.65 bits per heavy atom. The summed E-state index contributed by atoms with van der Waals surface area (Å²) in [6, 6.07) is 9.44. The second-order valence-corrected chi connectivity index (χ2v) is 5.28. The molecule has 0 aliphatic rings. The molecule has 96 valence electrons. The fourth-order valence-electron chi connectivity index (χ4n) is 1.28. The quantitative estimate of drug-likeness (QED) is 0.669. The molecule has 0 bridgehead atoms. The van der Waals surface area contributed by atoms with Crippen LogP contribution in [0.25, 0.3) is 0 Å². The lowest BCUT2D eigenvalue weighted by Gasteiger charge is -2.08. The standard InChI is InChI=1S/C12H18O4S/c13-9-11(14)10-17(15)8-4-7-16-12-5-2-1-3-6-12/h1-3,5-6,11,13-14H,4,7-10H2. The lowest BCUT2D eigenvalue weighted by atomic mass is 10.3. The molecule has 0 saturated carbocycles. The Labute approximate surface area is 104 Å². The van der Waals surface area contributed by atoms with Crippen LogP contribution in [0.5, 0.6) is 5.75 Å². The fourth-order valence-corrected chi connectivity index (χ4v) is 2.42. The third kappa shape index (κ3) is 6.41. The Bertz CT molecular complexity index is 329. The Kier molecular flexibility index (Phi) is 6.84. The van der Waals surface area contributed by atoms with Gasteiger partial charge in [0.25, 0.3) is 0 Å². The summed E-state index contributed by atoms with van der Waals surface area (Å²) in [6.45, 7) is 0.164. The first-order chi connectivity index (χ1) is 8.22. The second-order valence-electron chi connectivity index (χ2n) is 3.66. The summed E-state index contributed by atoms with van der Waals surface area (Å²) in [6.07, 6.45) is -0.217. The summed E-state index contributed by atoms with van der Waals surface area (Å²) in [7, 11) is -1.10. The number of hydrogen-bond donors (Lipinski definition) is 2. The molecule has 5 heteroatoms. The minimum absolute atomic E-state index is 0.127. The van der Waals surface area contributed by atoms with Crippen LogP contribution < -0.4 is 4.74 Å². The van der Waals surface area contributed by atoms with Gasteiger partial charge in [-0.05, 0) is 18.6 Å². The lowest BCUT2D eigenvalue weighted by Crippen LogP contribution is -2.22. The van der Waals surface area contributed by atoms with Crippen LogP contribution >= 0.6 is 0 Å². The third-order valence-corrected chi connectivity index (χ3v) is 3.62. The van der Waals surface area contributed by atoms with E-state index in [0.717, 1.165) is 5.75 Å². The molecule has 2 N–H and O–H groups in total. The number of aliphatic hydroxyl groups is 2. The van der Waals surface area contributed by atoms with Gasteiger partial charge in [-0.2, -0.15) is 0 Å². The molecule has 1 aromatic rings. The van der Waals surface area contributed by atoms with Crippen LogP contribution in [0.3, 0.4) is 0 Å². The normalized spacial score (nSPS) is 14.2. The van der Waals surface area contributed by atoms with Crippen LogP contribution in [0.4, 0.5) is 0 Å². The van der Waals surface area contributed by atoms with Gasteiger partial charge in [-0.3, -0.25) is 4.21 Å². The molecule has 1 rings (SSSR count). The summed E-state index contributed by atoms with van der Waals surface area (Å²) in [4.78, 5) is 0. The largest absolute Gasteiger partial charge is 0.494 e. The molecule has 17 heavy (non-hydrogen) atoms. The predicted octanol–water partition coefficient (Wildman–Crippen LogP) is 0.557. The Hall–Kier alpha value is -0.910. The van der Waals surface area contributed by atoms with Gasteiger partial charge in [0.2, 0.25) is 0 Å². The molecule has 1 aromatic carbocycles. The Morgan fingerprint density at radius 2 is 2.00 bits per heavy atom. The molecule has 2 unspecified atom stereocenters. The SMILES string of the molecule is O=S(CCCOc1ccccc1)CC(O)CO. The first-order valence-corrected chi connectivity index (χ1v) is 7.03. The molecule has 0 aliphatic carbocycles. The maximum Gasteiger partial charge on any atom is 0.119 e. The van der Waals surface area contributed by atoms with Crippen LogP contribution in [0.1, 0.15) is 6.42 Å². The topological polar surface area (TPSA) is 66.8 Å². The summed E-state index contributed by atoms with van der Waals surface area (Å²) in [5.41, 5.74) is 0. The molecule has 0 spiro atoms. The van der Waals surface area contributed by atoms with Crippen molar-refractivity contribution in [1.82, 2.24) is 0 Å².